The Morgan fingerprint density at radius 1 is 1.14 bits per heavy atom. The third-order valence-electron chi connectivity index (χ3n) is 10.3. The third kappa shape index (κ3) is 6.55. The predicted octanol–water partition coefficient (Wildman–Crippen LogP) is 1.54. The van der Waals surface area contributed by atoms with Gasteiger partial charge in [0.25, 0.3) is 11.8 Å². The number of amides is 2. The molecule has 4 heterocycles. The molecule has 3 aliphatic rings. The van der Waals surface area contributed by atoms with Crippen molar-refractivity contribution in [2.75, 3.05) is 23.4 Å². The largest absolute Gasteiger partial charge is 0.395 e. The van der Waals surface area contributed by atoms with Crippen LogP contribution in [0.3, 0.4) is 0 Å². The van der Waals surface area contributed by atoms with Crippen LogP contribution in [0.25, 0.3) is 0 Å². The molecular weight excluding hydrogens is 681 g/mol. The quantitative estimate of drug-likeness (QED) is 0.0952. The second-order valence-corrected chi connectivity index (χ2v) is 17.8. The van der Waals surface area contributed by atoms with E-state index in [-0.39, 0.29) is 30.7 Å². The van der Waals surface area contributed by atoms with Crippen molar-refractivity contribution in [3.63, 3.8) is 0 Å². The van der Waals surface area contributed by atoms with Crippen LogP contribution in [0.1, 0.15) is 36.1 Å². The molecule has 1 spiro atoms. The highest BCUT2D eigenvalue weighted by atomic mass is 28.4. The first-order chi connectivity index (χ1) is 24.2. The lowest BCUT2D eigenvalue weighted by Crippen LogP contribution is -2.60. The monoisotopic (exact) mass is 725 g/mol. The molecule has 274 valence electrons. The summed E-state index contributed by atoms with van der Waals surface area (Å²) in [4.78, 5) is 29.1. The van der Waals surface area contributed by atoms with Crippen LogP contribution in [-0.2, 0) is 31.2 Å². The maximum atomic E-state index is 16.3. The van der Waals surface area contributed by atoms with Gasteiger partial charge in [0, 0.05) is 42.0 Å². The first-order valence-electron chi connectivity index (χ1n) is 16.9. The molecule has 6 N–H and O–H groups in total. The number of hydrogen-bond donors (Lipinski definition) is 6. The van der Waals surface area contributed by atoms with E-state index in [1.165, 1.54) is 11.0 Å². The average molecular weight is 726 g/mol. The number of aliphatic hydroxyl groups excluding tert-OH is 5. The van der Waals surface area contributed by atoms with E-state index in [9.17, 15) is 35.1 Å². The van der Waals surface area contributed by atoms with Gasteiger partial charge in [-0.15, -0.1) is 11.7 Å². The van der Waals surface area contributed by atoms with E-state index in [1.807, 2.05) is 37.3 Å². The van der Waals surface area contributed by atoms with Crippen molar-refractivity contribution >= 4 is 31.6 Å². The van der Waals surface area contributed by atoms with Gasteiger partial charge in [-0.1, -0.05) is 48.5 Å². The molecule has 2 aromatic carbocycles. The smallest absolute Gasteiger partial charge is 0.264 e. The first-order valence-corrected chi connectivity index (χ1v) is 19.9. The molecule has 0 saturated carbocycles. The molecule has 0 radical (unpaired) electrons. The molecule has 14 nitrogen and oxygen atoms in total. The van der Waals surface area contributed by atoms with E-state index in [4.69, 9.17) is 9.47 Å². The van der Waals surface area contributed by atoms with Crippen molar-refractivity contribution in [2.45, 2.75) is 86.9 Å². The molecule has 2 amide bonds. The number of anilines is 2. The van der Waals surface area contributed by atoms with Gasteiger partial charge in [0.2, 0.25) is 8.41 Å². The number of nitrogens with one attached hydrogen (secondary N) is 1. The summed E-state index contributed by atoms with van der Waals surface area (Å²) in [5.74, 6) is -2.30. The molecule has 6 rings (SSSR count). The molecular formula is C35H44FN5O9Si. The molecule has 2 saturated heterocycles. The first kappa shape index (κ1) is 36.9. The molecule has 1 unspecified atom stereocenters. The lowest BCUT2D eigenvalue weighted by atomic mass is 9.82. The second kappa shape index (κ2) is 14.3. The van der Waals surface area contributed by atoms with Crippen molar-refractivity contribution in [2.24, 2.45) is 5.92 Å². The molecule has 16 heteroatoms. The maximum Gasteiger partial charge on any atom is 0.264 e. The van der Waals surface area contributed by atoms with Crippen molar-refractivity contribution in [3.8, 4) is 0 Å². The van der Waals surface area contributed by atoms with Crippen molar-refractivity contribution in [1.29, 1.82) is 0 Å². The minimum Gasteiger partial charge on any atom is -0.395 e. The third-order valence-corrected chi connectivity index (χ3v) is 12.8. The van der Waals surface area contributed by atoms with Gasteiger partial charge in [0.15, 0.2) is 18.0 Å². The van der Waals surface area contributed by atoms with E-state index in [0.717, 1.165) is 5.56 Å². The van der Waals surface area contributed by atoms with E-state index in [1.54, 1.807) is 42.2 Å². The Labute approximate surface area is 295 Å². The van der Waals surface area contributed by atoms with Gasteiger partial charge in [0.05, 0.1) is 30.0 Å². The fourth-order valence-corrected chi connectivity index (χ4v) is 10.4. The van der Waals surface area contributed by atoms with Gasteiger partial charge < -0.3 is 49.3 Å². The fourth-order valence-electron chi connectivity index (χ4n) is 7.89. The van der Waals surface area contributed by atoms with Gasteiger partial charge in [-0.05, 0) is 43.3 Å². The van der Waals surface area contributed by atoms with Gasteiger partial charge in [-0.25, -0.2) is 0 Å². The lowest BCUT2D eigenvalue weighted by Gasteiger charge is -2.37. The number of rotatable bonds is 11. The van der Waals surface area contributed by atoms with E-state index >= 15 is 4.11 Å². The highest BCUT2D eigenvalue weighted by Gasteiger charge is 2.66. The Balaban J connectivity index is 1.29. The average Bonchev–Trinajstić information content (AvgIpc) is 3.75. The van der Waals surface area contributed by atoms with Crippen LogP contribution in [0.15, 0.2) is 67.4 Å². The van der Waals surface area contributed by atoms with Crippen molar-refractivity contribution in [1.82, 2.24) is 15.0 Å². The summed E-state index contributed by atoms with van der Waals surface area (Å²) >= 11 is 0. The minimum atomic E-state index is -3.50. The minimum absolute atomic E-state index is 0.149. The number of benzene rings is 2. The Kier molecular flexibility index (Phi) is 10.3. The highest BCUT2D eigenvalue weighted by molar-refractivity contribution is 6.72. The Bertz CT molecular complexity index is 1760. The maximum absolute atomic E-state index is 16.3. The number of aryl methyl sites for hydroxylation is 1. The summed E-state index contributed by atoms with van der Waals surface area (Å²) in [6, 6.07) is 14.2. The SMILES string of the molecule is C=CCN1C(=O)[C@@]2(O[C@@H](CCn3cc(C(CO)c4ccccc4)nn3)[C@H]([Si](C)(C)F)[C@H]2C)c2cc(NC(=O)[C@H]3O[C@@H](O)[C@H](O)[C@@H](O)[C@@H]3O)ccc21. The van der Waals surface area contributed by atoms with Crippen LogP contribution < -0.4 is 10.2 Å². The van der Waals surface area contributed by atoms with Crippen LogP contribution in [0, 0.1) is 5.92 Å². The van der Waals surface area contributed by atoms with Crippen LogP contribution in [0.4, 0.5) is 15.5 Å². The number of carbonyl (C=O) groups excluding carboxylic acids is 2. The Hall–Kier alpha value is -3.87. The number of fused-ring (bicyclic) bond motifs is 2. The summed E-state index contributed by atoms with van der Waals surface area (Å²) in [7, 11) is -3.50. The predicted molar refractivity (Wildman–Crippen MR) is 185 cm³/mol. The van der Waals surface area contributed by atoms with Crippen LogP contribution >= 0.6 is 0 Å². The van der Waals surface area contributed by atoms with Gasteiger partial charge in [-0.2, -0.15) is 0 Å². The number of aliphatic hydroxyl groups is 5. The zero-order valence-corrected chi connectivity index (χ0v) is 29.5. The van der Waals surface area contributed by atoms with E-state index in [2.05, 4.69) is 22.2 Å². The molecule has 1 aromatic heterocycles. The zero-order valence-electron chi connectivity index (χ0n) is 28.5. The Morgan fingerprint density at radius 3 is 2.53 bits per heavy atom. The summed E-state index contributed by atoms with van der Waals surface area (Å²) in [5.41, 5.74) is 0.362. The Morgan fingerprint density at radius 2 is 1.86 bits per heavy atom. The standard InChI is InChI=1S/C35H44FN5O9Si/c1-5-14-41-25-12-11-21(37-32(46)30-28(44)27(43)29(45)33(47)49-30)16-23(25)35(34(41)48)19(2)31(51(3,4)36)26(50-35)13-15-40-17-24(38-39-40)22(18-42)20-9-7-6-8-10-20/h5-12,16-17,19,22,26-31,33,42-45,47H,1,13-15,18H2,2-4H3,(H,37,46)/t19-,22?,26+,27+,28+,29-,30+,31-,33-,35+/m1/s1. The zero-order chi connectivity index (χ0) is 36.8. The number of hydrogen-bond acceptors (Lipinski definition) is 11. The van der Waals surface area contributed by atoms with Crippen LogP contribution in [0.2, 0.25) is 18.6 Å². The van der Waals surface area contributed by atoms with E-state index < -0.39 is 68.2 Å². The number of carbonyl (C=O) groups is 2. The summed E-state index contributed by atoms with van der Waals surface area (Å²) < 4.78 is 29.8. The van der Waals surface area contributed by atoms with E-state index in [0.29, 0.717) is 29.9 Å². The topological polar surface area (TPSA) is 200 Å². The fraction of sp³-hybridized carbons (Fsp3) is 0.486. The van der Waals surface area contributed by atoms with Crippen LogP contribution in [0.5, 0.6) is 0 Å². The normalized spacial score (nSPS) is 31.2. The summed E-state index contributed by atoms with van der Waals surface area (Å²) in [6.07, 6.45) is -6.17. The number of halogens is 1. The molecule has 2 fully saturated rings. The molecule has 0 aliphatic carbocycles. The molecule has 10 atom stereocenters. The van der Waals surface area contributed by atoms with Crippen molar-refractivity contribution < 1.29 is 48.7 Å². The summed E-state index contributed by atoms with van der Waals surface area (Å²) in [5, 5.41) is 61.5. The molecule has 3 aromatic rings. The summed E-state index contributed by atoms with van der Waals surface area (Å²) in [6.45, 7) is 9.09. The molecule has 3 aliphatic heterocycles. The lowest BCUT2D eigenvalue weighted by molar-refractivity contribution is -0.274. The van der Waals surface area contributed by atoms with Gasteiger partial charge >= 0.3 is 0 Å². The van der Waals surface area contributed by atoms with Gasteiger partial charge in [0.1, 0.15) is 18.3 Å². The second-order valence-electron chi connectivity index (χ2n) is 14.0. The van der Waals surface area contributed by atoms with Crippen molar-refractivity contribution in [3.05, 3.63) is 84.2 Å². The number of nitrogens with zero attached hydrogens (tertiary/aromatic N) is 4. The van der Waals surface area contributed by atoms with Crippen LogP contribution in [-0.4, -0.2) is 111 Å². The van der Waals surface area contributed by atoms with Gasteiger partial charge in [-0.3, -0.25) is 14.3 Å². The number of ether oxygens (including phenoxy) is 2. The molecule has 51 heavy (non-hydrogen) atoms. The molecule has 0 bridgehead atoms. The highest BCUT2D eigenvalue weighted by Crippen LogP contribution is 2.60. The number of aromatic nitrogens is 3.